The fourth-order valence-electron chi connectivity index (χ4n) is 3.20. The van der Waals surface area contributed by atoms with Crippen LogP contribution in [-0.2, 0) is 0 Å². The van der Waals surface area contributed by atoms with Crippen molar-refractivity contribution in [1.82, 2.24) is 0 Å². The molecule has 0 radical (unpaired) electrons. The quantitative estimate of drug-likeness (QED) is 0.587. The molecule has 0 nitrogen and oxygen atoms in total. The van der Waals surface area contributed by atoms with Gasteiger partial charge in [-0.3, -0.25) is 0 Å². The van der Waals surface area contributed by atoms with Crippen molar-refractivity contribution in [2.24, 2.45) is 23.2 Å². The monoisotopic (exact) mass is 196 g/mol. The fourth-order valence-corrected chi connectivity index (χ4v) is 3.20. The minimum atomic E-state index is 0.735. The van der Waals surface area contributed by atoms with Gasteiger partial charge in [-0.15, -0.1) is 0 Å². The van der Waals surface area contributed by atoms with E-state index in [0.717, 1.165) is 23.2 Å². The summed E-state index contributed by atoms with van der Waals surface area (Å²) in [5.74, 6) is 2.66. The second-order valence-corrected chi connectivity index (χ2v) is 5.86. The van der Waals surface area contributed by atoms with Crippen LogP contribution < -0.4 is 0 Å². The zero-order valence-electron chi connectivity index (χ0n) is 10.8. The molecule has 0 amide bonds. The van der Waals surface area contributed by atoms with Gasteiger partial charge in [0.25, 0.3) is 0 Å². The first-order chi connectivity index (χ1) is 6.53. The summed E-state index contributed by atoms with van der Waals surface area (Å²) >= 11 is 0. The van der Waals surface area contributed by atoms with Crippen LogP contribution in [0.15, 0.2) is 0 Å². The molecule has 0 aliphatic heterocycles. The van der Waals surface area contributed by atoms with Crippen LogP contribution in [0, 0.1) is 23.2 Å². The summed E-state index contributed by atoms with van der Waals surface area (Å²) in [6.07, 6.45) is 7.31. The van der Waals surface area contributed by atoms with E-state index in [0.29, 0.717) is 0 Å². The molecule has 0 aromatic rings. The highest BCUT2D eigenvalue weighted by Gasteiger charge is 2.43. The first-order valence-electron chi connectivity index (χ1n) is 6.53. The third-order valence-electron chi connectivity index (χ3n) is 4.90. The summed E-state index contributed by atoms with van der Waals surface area (Å²) in [5, 5.41) is 0. The minimum Gasteiger partial charge on any atom is -0.0654 e. The summed E-state index contributed by atoms with van der Waals surface area (Å²) in [7, 11) is 0. The van der Waals surface area contributed by atoms with Gasteiger partial charge in [0.1, 0.15) is 0 Å². The highest BCUT2D eigenvalue weighted by Crippen LogP contribution is 2.53. The van der Waals surface area contributed by atoms with Gasteiger partial charge in [-0.2, -0.15) is 0 Å². The van der Waals surface area contributed by atoms with Gasteiger partial charge in [-0.05, 0) is 42.4 Å². The van der Waals surface area contributed by atoms with Crippen molar-refractivity contribution < 1.29 is 0 Å². The van der Waals surface area contributed by atoms with E-state index in [1.807, 2.05) is 0 Å². The van der Waals surface area contributed by atoms with Crippen molar-refractivity contribution >= 4 is 0 Å². The molecule has 1 fully saturated rings. The standard InChI is InChI=1S/C14H28/c1-6-8-14(9-7-10-14)13(5)12(4)11(2)3/h11-13H,6-10H2,1-5H3. The molecule has 0 spiro atoms. The molecule has 1 aliphatic carbocycles. The lowest BCUT2D eigenvalue weighted by molar-refractivity contribution is 0.00571. The van der Waals surface area contributed by atoms with Crippen molar-refractivity contribution in [1.29, 1.82) is 0 Å². The smallest absolute Gasteiger partial charge is 0.0269 e. The number of hydrogen-bond acceptors (Lipinski definition) is 0. The molecule has 2 atom stereocenters. The van der Waals surface area contributed by atoms with E-state index < -0.39 is 0 Å². The molecule has 1 aliphatic rings. The minimum absolute atomic E-state index is 0.735. The highest BCUT2D eigenvalue weighted by molar-refractivity contribution is 4.93. The Balaban J connectivity index is 2.59. The maximum absolute atomic E-state index is 2.50. The Morgan fingerprint density at radius 1 is 1.07 bits per heavy atom. The second-order valence-electron chi connectivity index (χ2n) is 5.86. The topological polar surface area (TPSA) is 0 Å². The van der Waals surface area contributed by atoms with Gasteiger partial charge in [0.2, 0.25) is 0 Å². The zero-order valence-corrected chi connectivity index (χ0v) is 10.8. The van der Waals surface area contributed by atoms with Crippen molar-refractivity contribution in [3.8, 4) is 0 Å². The summed E-state index contributed by atoms with van der Waals surface area (Å²) < 4.78 is 0. The van der Waals surface area contributed by atoms with E-state index in [2.05, 4.69) is 34.6 Å². The third kappa shape index (κ3) is 2.15. The SMILES string of the molecule is CCCC1(C(C)C(C)C(C)C)CCC1. The molecule has 0 aromatic carbocycles. The third-order valence-corrected chi connectivity index (χ3v) is 4.90. The maximum Gasteiger partial charge on any atom is -0.0269 e. The van der Waals surface area contributed by atoms with Crippen molar-refractivity contribution in [2.45, 2.75) is 66.7 Å². The zero-order chi connectivity index (χ0) is 10.8. The molecule has 1 rings (SSSR count). The van der Waals surface area contributed by atoms with E-state index in [4.69, 9.17) is 0 Å². The molecule has 0 N–H and O–H groups in total. The van der Waals surface area contributed by atoms with Crippen LogP contribution >= 0.6 is 0 Å². The van der Waals surface area contributed by atoms with Crippen LogP contribution in [0.2, 0.25) is 0 Å². The van der Waals surface area contributed by atoms with Crippen LogP contribution in [0.1, 0.15) is 66.7 Å². The van der Waals surface area contributed by atoms with Gasteiger partial charge in [-0.1, -0.05) is 47.5 Å². The van der Waals surface area contributed by atoms with E-state index in [1.54, 1.807) is 0 Å². The number of rotatable bonds is 5. The molecule has 0 heteroatoms. The van der Waals surface area contributed by atoms with Crippen molar-refractivity contribution in [2.75, 3.05) is 0 Å². The van der Waals surface area contributed by atoms with Crippen molar-refractivity contribution in [3.05, 3.63) is 0 Å². The van der Waals surface area contributed by atoms with Crippen LogP contribution in [0.4, 0.5) is 0 Å². The molecule has 0 aromatic heterocycles. The average molecular weight is 196 g/mol. The molecule has 1 saturated carbocycles. The van der Waals surface area contributed by atoms with E-state index in [1.165, 1.54) is 32.1 Å². The van der Waals surface area contributed by atoms with Crippen molar-refractivity contribution in [3.63, 3.8) is 0 Å². The summed E-state index contributed by atoms with van der Waals surface area (Å²) in [6.45, 7) is 12.0. The lowest BCUT2D eigenvalue weighted by atomic mass is 9.55. The van der Waals surface area contributed by atoms with Gasteiger partial charge in [0, 0.05) is 0 Å². The Morgan fingerprint density at radius 2 is 1.64 bits per heavy atom. The molecule has 0 heterocycles. The lowest BCUT2D eigenvalue weighted by Crippen LogP contribution is -2.40. The Morgan fingerprint density at radius 3 is 1.93 bits per heavy atom. The molecule has 14 heavy (non-hydrogen) atoms. The highest BCUT2D eigenvalue weighted by atomic mass is 14.5. The Kier molecular flexibility index (Phi) is 4.04. The first-order valence-corrected chi connectivity index (χ1v) is 6.53. The summed E-state index contributed by atoms with van der Waals surface area (Å²) in [4.78, 5) is 0. The Bertz CT molecular complexity index is 165. The van der Waals surface area contributed by atoms with Gasteiger partial charge < -0.3 is 0 Å². The van der Waals surface area contributed by atoms with E-state index in [9.17, 15) is 0 Å². The summed E-state index contributed by atoms with van der Waals surface area (Å²) in [5.41, 5.74) is 0.735. The second kappa shape index (κ2) is 4.68. The molecule has 0 bridgehead atoms. The molecule has 84 valence electrons. The maximum atomic E-state index is 2.50. The normalized spacial score (nSPS) is 24.4. The van der Waals surface area contributed by atoms with Crippen LogP contribution in [0.25, 0.3) is 0 Å². The van der Waals surface area contributed by atoms with E-state index >= 15 is 0 Å². The van der Waals surface area contributed by atoms with Gasteiger partial charge >= 0.3 is 0 Å². The van der Waals surface area contributed by atoms with Gasteiger partial charge in [-0.25, -0.2) is 0 Å². The van der Waals surface area contributed by atoms with Crippen LogP contribution in [0.3, 0.4) is 0 Å². The van der Waals surface area contributed by atoms with E-state index in [-0.39, 0.29) is 0 Å². The Hall–Kier alpha value is 0. The van der Waals surface area contributed by atoms with Gasteiger partial charge in [0.15, 0.2) is 0 Å². The van der Waals surface area contributed by atoms with Crippen LogP contribution in [0.5, 0.6) is 0 Å². The van der Waals surface area contributed by atoms with Gasteiger partial charge in [0.05, 0.1) is 0 Å². The predicted octanol–water partition coefficient (Wildman–Crippen LogP) is 4.89. The number of hydrogen-bond donors (Lipinski definition) is 0. The predicted molar refractivity (Wildman–Crippen MR) is 64.4 cm³/mol. The molecule has 0 saturated heterocycles. The largest absolute Gasteiger partial charge is 0.0654 e. The first kappa shape index (κ1) is 12.1. The Labute approximate surface area is 90.5 Å². The van der Waals surface area contributed by atoms with Crippen LogP contribution in [-0.4, -0.2) is 0 Å². The molecular weight excluding hydrogens is 168 g/mol. The molecular formula is C14H28. The summed E-state index contributed by atoms with van der Waals surface area (Å²) in [6, 6.07) is 0. The lowest BCUT2D eigenvalue weighted by Gasteiger charge is -2.50. The average Bonchev–Trinajstić information content (AvgIpc) is 2.08. The fraction of sp³-hybridized carbons (Fsp3) is 1.00. The molecule has 2 unspecified atom stereocenters.